The molecule has 6 nitrogen and oxygen atoms in total. The van der Waals surface area contributed by atoms with Crippen LogP contribution in [0.2, 0.25) is 0 Å². The smallest absolute Gasteiger partial charge is 0.181 e. The molecule has 0 aliphatic rings. The Morgan fingerprint density at radius 1 is 1.12 bits per heavy atom. The molecule has 7 heteroatoms. The van der Waals surface area contributed by atoms with Gasteiger partial charge in [0.1, 0.15) is 6.33 Å². The van der Waals surface area contributed by atoms with Gasteiger partial charge in [-0.3, -0.25) is 4.57 Å². The fraction of sp³-hybridized carbons (Fsp3) is 0.176. The average Bonchev–Trinajstić information content (AvgIpc) is 3.17. The SMILES string of the molecule is COc1cc2ncn(-c3ccc4sc(N)nc4c3C)c2cc1OC. The van der Waals surface area contributed by atoms with Gasteiger partial charge in [0, 0.05) is 17.7 Å². The molecule has 0 saturated heterocycles. The third-order valence-electron chi connectivity index (χ3n) is 4.11. The maximum atomic E-state index is 5.85. The molecule has 0 amide bonds. The molecule has 2 aromatic heterocycles. The van der Waals surface area contributed by atoms with Crippen molar-refractivity contribution in [3.8, 4) is 17.2 Å². The van der Waals surface area contributed by atoms with Crippen molar-refractivity contribution in [2.75, 3.05) is 20.0 Å². The van der Waals surface area contributed by atoms with E-state index in [1.807, 2.05) is 29.7 Å². The number of hydrogen-bond donors (Lipinski definition) is 1. The monoisotopic (exact) mass is 340 g/mol. The van der Waals surface area contributed by atoms with E-state index >= 15 is 0 Å². The summed E-state index contributed by atoms with van der Waals surface area (Å²) in [5, 5.41) is 0.576. The second-order valence-corrected chi connectivity index (χ2v) is 6.48. The maximum absolute atomic E-state index is 5.85. The van der Waals surface area contributed by atoms with Crippen LogP contribution in [0, 0.1) is 6.92 Å². The van der Waals surface area contributed by atoms with E-state index in [9.17, 15) is 0 Å². The number of ether oxygens (including phenoxy) is 2. The van der Waals surface area contributed by atoms with E-state index in [2.05, 4.69) is 16.0 Å². The summed E-state index contributed by atoms with van der Waals surface area (Å²) in [7, 11) is 3.24. The maximum Gasteiger partial charge on any atom is 0.181 e. The van der Waals surface area contributed by atoms with Crippen molar-refractivity contribution in [2.24, 2.45) is 0 Å². The van der Waals surface area contributed by atoms with Gasteiger partial charge in [0.25, 0.3) is 0 Å². The van der Waals surface area contributed by atoms with Crippen molar-refractivity contribution < 1.29 is 9.47 Å². The molecular formula is C17H16N4O2S. The summed E-state index contributed by atoms with van der Waals surface area (Å²) in [5.74, 6) is 1.33. The van der Waals surface area contributed by atoms with Crippen LogP contribution in [0.5, 0.6) is 11.5 Å². The van der Waals surface area contributed by atoms with E-state index in [1.165, 1.54) is 11.3 Å². The Hall–Kier alpha value is -2.80. The molecule has 0 aliphatic carbocycles. The van der Waals surface area contributed by atoms with E-state index in [1.54, 1.807) is 20.5 Å². The quantitative estimate of drug-likeness (QED) is 0.617. The zero-order valence-electron chi connectivity index (χ0n) is 13.5. The van der Waals surface area contributed by atoms with Gasteiger partial charge in [-0.1, -0.05) is 11.3 Å². The summed E-state index contributed by atoms with van der Waals surface area (Å²) in [6.45, 7) is 2.05. The van der Waals surface area contributed by atoms with Gasteiger partial charge in [-0.05, 0) is 19.1 Å². The number of thiazole rings is 1. The molecule has 122 valence electrons. The van der Waals surface area contributed by atoms with Crippen molar-refractivity contribution in [1.29, 1.82) is 0 Å². The van der Waals surface area contributed by atoms with Crippen LogP contribution in [0.3, 0.4) is 0 Å². The number of imidazole rings is 1. The van der Waals surface area contributed by atoms with Gasteiger partial charge in [-0.25, -0.2) is 9.97 Å². The van der Waals surface area contributed by atoms with E-state index < -0.39 is 0 Å². The summed E-state index contributed by atoms with van der Waals surface area (Å²) in [6, 6.07) is 7.91. The predicted molar refractivity (Wildman–Crippen MR) is 96.5 cm³/mol. The number of anilines is 1. The van der Waals surface area contributed by atoms with Crippen LogP contribution in [0.15, 0.2) is 30.6 Å². The molecule has 2 aromatic carbocycles. The number of aromatic nitrogens is 3. The highest BCUT2D eigenvalue weighted by Gasteiger charge is 2.14. The van der Waals surface area contributed by atoms with Gasteiger partial charge in [-0.15, -0.1) is 0 Å². The molecule has 2 heterocycles. The topological polar surface area (TPSA) is 75.2 Å². The number of hydrogen-bond acceptors (Lipinski definition) is 6. The number of rotatable bonds is 3. The summed E-state index contributed by atoms with van der Waals surface area (Å²) in [4.78, 5) is 8.93. The van der Waals surface area contributed by atoms with Crippen molar-refractivity contribution in [2.45, 2.75) is 6.92 Å². The molecule has 0 spiro atoms. The molecule has 0 aliphatic heterocycles. The fourth-order valence-electron chi connectivity index (χ4n) is 2.92. The Kier molecular flexibility index (Phi) is 3.31. The molecule has 24 heavy (non-hydrogen) atoms. The lowest BCUT2D eigenvalue weighted by Crippen LogP contribution is -1.97. The molecular weight excluding hydrogens is 324 g/mol. The van der Waals surface area contributed by atoms with E-state index in [0.717, 1.165) is 32.5 Å². The number of methoxy groups -OCH3 is 2. The van der Waals surface area contributed by atoms with Gasteiger partial charge in [0.2, 0.25) is 0 Å². The molecule has 0 atom stereocenters. The lowest BCUT2D eigenvalue weighted by molar-refractivity contribution is 0.355. The Morgan fingerprint density at radius 2 is 1.88 bits per heavy atom. The first-order valence-electron chi connectivity index (χ1n) is 7.37. The van der Waals surface area contributed by atoms with Crippen LogP contribution in [0.1, 0.15) is 5.56 Å². The number of nitrogens with zero attached hydrogens (tertiary/aromatic N) is 3. The third-order valence-corrected chi connectivity index (χ3v) is 4.96. The Labute approximate surface area is 142 Å². The van der Waals surface area contributed by atoms with Crippen LogP contribution >= 0.6 is 11.3 Å². The Balaban J connectivity index is 1.98. The fourth-order valence-corrected chi connectivity index (χ4v) is 3.71. The van der Waals surface area contributed by atoms with Crippen molar-refractivity contribution in [3.05, 3.63) is 36.2 Å². The highest BCUT2D eigenvalue weighted by Crippen LogP contribution is 2.35. The summed E-state index contributed by atoms with van der Waals surface area (Å²) >= 11 is 1.49. The first kappa shape index (κ1) is 14.8. The van der Waals surface area contributed by atoms with Gasteiger partial charge in [0.05, 0.1) is 41.2 Å². The standard InChI is InChI=1S/C17H16N4O2S/c1-9-11(4-5-15-16(9)20-17(18)24-15)21-8-19-10-6-13(22-2)14(23-3)7-12(10)21/h4-8H,1-3H3,(H2,18,20). The summed E-state index contributed by atoms with van der Waals surface area (Å²) in [6.07, 6.45) is 1.80. The largest absolute Gasteiger partial charge is 0.493 e. The van der Waals surface area contributed by atoms with Gasteiger partial charge in [0.15, 0.2) is 16.6 Å². The van der Waals surface area contributed by atoms with E-state index in [-0.39, 0.29) is 0 Å². The predicted octanol–water partition coefficient (Wildman–Crippen LogP) is 3.54. The van der Waals surface area contributed by atoms with Gasteiger partial charge < -0.3 is 15.2 Å². The molecule has 0 fully saturated rings. The molecule has 4 aromatic rings. The molecule has 0 saturated carbocycles. The first-order valence-corrected chi connectivity index (χ1v) is 8.19. The minimum atomic E-state index is 0.576. The zero-order chi connectivity index (χ0) is 16.8. The van der Waals surface area contributed by atoms with Gasteiger partial charge >= 0.3 is 0 Å². The number of benzene rings is 2. The summed E-state index contributed by atoms with van der Waals surface area (Å²) in [5.41, 5.74) is 10.6. The van der Waals surface area contributed by atoms with Crippen LogP contribution in [0.4, 0.5) is 5.13 Å². The molecule has 0 unspecified atom stereocenters. The Bertz CT molecular complexity index is 1070. The van der Waals surface area contributed by atoms with Crippen molar-refractivity contribution in [1.82, 2.24) is 14.5 Å². The number of aryl methyl sites for hydroxylation is 1. The minimum Gasteiger partial charge on any atom is -0.493 e. The van der Waals surface area contributed by atoms with Crippen LogP contribution in [0.25, 0.3) is 26.9 Å². The minimum absolute atomic E-state index is 0.576. The average molecular weight is 340 g/mol. The lowest BCUT2D eigenvalue weighted by Gasteiger charge is -2.11. The number of nitrogens with two attached hydrogens (primary N) is 1. The molecule has 0 bridgehead atoms. The van der Waals surface area contributed by atoms with E-state index in [4.69, 9.17) is 15.2 Å². The number of nitrogen functional groups attached to an aromatic ring is 1. The van der Waals surface area contributed by atoms with Crippen LogP contribution in [-0.4, -0.2) is 28.8 Å². The van der Waals surface area contributed by atoms with E-state index in [0.29, 0.717) is 16.6 Å². The first-order chi connectivity index (χ1) is 11.6. The highest BCUT2D eigenvalue weighted by molar-refractivity contribution is 7.22. The Morgan fingerprint density at radius 3 is 2.62 bits per heavy atom. The molecule has 4 rings (SSSR count). The molecule has 0 radical (unpaired) electrons. The second-order valence-electron chi connectivity index (χ2n) is 5.42. The summed E-state index contributed by atoms with van der Waals surface area (Å²) < 4.78 is 13.9. The van der Waals surface area contributed by atoms with Gasteiger partial charge in [-0.2, -0.15) is 0 Å². The normalized spacial score (nSPS) is 11.3. The zero-order valence-corrected chi connectivity index (χ0v) is 14.3. The van der Waals surface area contributed by atoms with Crippen LogP contribution < -0.4 is 15.2 Å². The van der Waals surface area contributed by atoms with Crippen molar-refractivity contribution in [3.63, 3.8) is 0 Å². The highest BCUT2D eigenvalue weighted by atomic mass is 32.1. The second kappa shape index (κ2) is 5.38. The van der Waals surface area contributed by atoms with Crippen LogP contribution in [-0.2, 0) is 0 Å². The molecule has 2 N–H and O–H groups in total. The lowest BCUT2D eigenvalue weighted by atomic mass is 10.1. The number of fused-ring (bicyclic) bond motifs is 2. The third kappa shape index (κ3) is 2.09. The van der Waals surface area contributed by atoms with Crippen molar-refractivity contribution >= 4 is 37.7 Å².